The van der Waals surface area contributed by atoms with Crippen molar-refractivity contribution in [2.45, 2.75) is 19.5 Å². The van der Waals surface area contributed by atoms with Crippen LogP contribution in [0.5, 0.6) is 0 Å². The zero-order valence-electron chi connectivity index (χ0n) is 14.5. The standard InChI is InChI=1S/C16H14FN7O3S/c1-8-11-20-21-12(13-18-15(22-28-13)19-16(26)27)24(11)7-6-23(8)14(25)9-2-4-10(17)5-3-9/h2-5,8H,6-7H2,1H3,(H,19,22)(H,26,27). The monoisotopic (exact) mass is 403 g/mol. The Morgan fingerprint density at radius 2 is 2.00 bits per heavy atom. The van der Waals surface area contributed by atoms with Crippen molar-refractivity contribution in [2.75, 3.05) is 11.9 Å². The van der Waals surface area contributed by atoms with Crippen LogP contribution in [-0.4, -0.2) is 52.7 Å². The summed E-state index contributed by atoms with van der Waals surface area (Å²) in [5.41, 5.74) is 0.398. The zero-order chi connectivity index (χ0) is 19.8. The minimum atomic E-state index is -1.25. The maximum Gasteiger partial charge on any atom is 0.411 e. The van der Waals surface area contributed by atoms with Crippen LogP contribution in [0.25, 0.3) is 10.8 Å². The van der Waals surface area contributed by atoms with Gasteiger partial charge >= 0.3 is 6.09 Å². The third-order valence-electron chi connectivity index (χ3n) is 4.37. The first-order valence-corrected chi connectivity index (χ1v) is 9.05. The molecule has 1 aromatic carbocycles. The lowest BCUT2D eigenvalue weighted by Crippen LogP contribution is -2.41. The normalized spacial score (nSPS) is 15.9. The first kappa shape index (κ1) is 18.0. The molecule has 144 valence electrons. The van der Waals surface area contributed by atoms with E-state index in [2.05, 4.69) is 24.9 Å². The average molecular weight is 403 g/mol. The molecule has 1 atom stereocenters. The summed E-state index contributed by atoms with van der Waals surface area (Å²) in [6.07, 6.45) is -1.25. The van der Waals surface area contributed by atoms with Crippen molar-refractivity contribution >= 4 is 29.5 Å². The van der Waals surface area contributed by atoms with Crippen LogP contribution >= 0.6 is 11.5 Å². The predicted octanol–water partition coefficient (Wildman–Crippen LogP) is 2.24. The summed E-state index contributed by atoms with van der Waals surface area (Å²) in [5, 5.41) is 19.6. The quantitative estimate of drug-likeness (QED) is 0.687. The summed E-state index contributed by atoms with van der Waals surface area (Å²) in [5.74, 6) is 0.404. The van der Waals surface area contributed by atoms with E-state index in [4.69, 9.17) is 5.11 Å². The number of carbonyl (C=O) groups is 2. The maximum absolute atomic E-state index is 13.1. The van der Waals surface area contributed by atoms with E-state index in [1.54, 1.807) is 4.90 Å². The molecule has 1 unspecified atom stereocenters. The van der Waals surface area contributed by atoms with Gasteiger partial charge in [0.05, 0.1) is 6.04 Å². The van der Waals surface area contributed by atoms with Gasteiger partial charge in [-0.25, -0.2) is 9.18 Å². The van der Waals surface area contributed by atoms with Crippen molar-refractivity contribution in [3.05, 3.63) is 41.5 Å². The number of fused-ring (bicyclic) bond motifs is 1. The minimum Gasteiger partial charge on any atom is -0.465 e. The molecule has 2 amide bonds. The Hall–Kier alpha value is -3.41. The molecular weight excluding hydrogens is 389 g/mol. The van der Waals surface area contributed by atoms with E-state index in [9.17, 15) is 14.0 Å². The van der Waals surface area contributed by atoms with Crippen molar-refractivity contribution in [3.63, 3.8) is 0 Å². The van der Waals surface area contributed by atoms with Gasteiger partial charge in [-0.05, 0) is 42.7 Å². The highest BCUT2D eigenvalue weighted by molar-refractivity contribution is 7.09. The van der Waals surface area contributed by atoms with Crippen LogP contribution in [-0.2, 0) is 6.54 Å². The number of aromatic nitrogens is 5. The molecule has 3 aromatic rings. The fourth-order valence-electron chi connectivity index (χ4n) is 3.04. The number of nitrogens with one attached hydrogen (secondary N) is 1. The number of benzene rings is 1. The molecule has 28 heavy (non-hydrogen) atoms. The lowest BCUT2D eigenvalue weighted by atomic mass is 10.1. The molecule has 1 aliphatic heterocycles. The zero-order valence-corrected chi connectivity index (χ0v) is 15.4. The van der Waals surface area contributed by atoms with Gasteiger partial charge in [0.25, 0.3) is 5.91 Å². The fourth-order valence-corrected chi connectivity index (χ4v) is 3.66. The van der Waals surface area contributed by atoms with Crippen LogP contribution in [0.4, 0.5) is 15.1 Å². The smallest absolute Gasteiger partial charge is 0.411 e. The van der Waals surface area contributed by atoms with E-state index in [0.717, 1.165) is 11.5 Å². The van der Waals surface area contributed by atoms with Gasteiger partial charge in [0.2, 0.25) is 5.95 Å². The van der Waals surface area contributed by atoms with Crippen LogP contribution in [0, 0.1) is 5.82 Å². The van der Waals surface area contributed by atoms with Crippen LogP contribution in [0.1, 0.15) is 29.1 Å². The summed E-state index contributed by atoms with van der Waals surface area (Å²) in [7, 11) is 0. The van der Waals surface area contributed by atoms with E-state index >= 15 is 0 Å². The summed E-state index contributed by atoms with van der Waals surface area (Å²) in [4.78, 5) is 29.2. The molecule has 10 nitrogen and oxygen atoms in total. The van der Waals surface area contributed by atoms with Gasteiger partial charge < -0.3 is 14.6 Å². The number of amides is 2. The Balaban J connectivity index is 1.59. The van der Waals surface area contributed by atoms with Crippen molar-refractivity contribution in [1.29, 1.82) is 0 Å². The number of hydrogen-bond donors (Lipinski definition) is 2. The van der Waals surface area contributed by atoms with E-state index in [1.807, 2.05) is 11.5 Å². The molecular formula is C16H14FN7O3S. The number of carboxylic acid groups (broad SMARTS) is 1. The predicted molar refractivity (Wildman–Crippen MR) is 96.4 cm³/mol. The summed E-state index contributed by atoms with van der Waals surface area (Å²) in [6, 6.07) is 5.05. The SMILES string of the molecule is CC1c2nnc(-c3nc(NC(=O)O)ns3)n2CCN1C(=O)c1ccc(F)cc1. The van der Waals surface area contributed by atoms with Gasteiger partial charge in [0.15, 0.2) is 16.7 Å². The van der Waals surface area contributed by atoms with Crippen molar-refractivity contribution < 1.29 is 19.1 Å². The van der Waals surface area contributed by atoms with Crippen LogP contribution in [0.3, 0.4) is 0 Å². The van der Waals surface area contributed by atoms with Crippen molar-refractivity contribution in [1.82, 2.24) is 29.0 Å². The molecule has 0 bridgehead atoms. The molecule has 1 aliphatic rings. The number of carbonyl (C=O) groups excluding carboxylic acids is 1. The lowest BCUT2D eigenvalue weighted by molar-refractivity contribution is 0.0638. The van der Waals surface area contributed by atoms with Crippen LogP contribution in [0.2, 0.25) is 0 Å². The second kappa shape index (κ2) is 6.96. The Morgan fingerprint density at radius 3 is 2.71 bits per heavy atom. The van der Waals surface area contributed by atoms with Crippen molar-refractivity contribution in [2.24, 2.45) is 0 Å². The summed E-state index contributed by atoms with van der Waals surface area (Å²) in [6.45, 7) is 2.69. The fraction of sp³-hybridized carbons (Fsp3) is 0.250. The number of hydrogen-bond acceptors (Lipinski definition) is 7. The number of anilines is 1. The molecule has 4 rings (SSSR count). The topological polar surface area (TPSA) is 126 Å². The van der Waals surface area contributed by atoms with Gasteiger partial charge in [-0.1, -0.05) is 0 Å². The van der Waals surface area contributed by atoms with E-state index in [1.165, 1.54) is 24.3 Å². The molecule has 0 spiro atoms. The molecule has 0 fully saturated rings. The molecule has 0 saturated heterocycles. The molecule has 3 heterocycles. The Labute approximate surface area is 161 Å². The second-order valence-electron chi connectivity index (χ2n) is 6.07. The summed E-state index contributed by atoms with van der Waals surface area (Å²) < 4.78 is 18.9. The third-order valence-corrected chi connectivity index (χ3v) is 5.08. The molecule has 0 saturated carbocycles. The first-order valence-electron chi connectivity index (χ1n) is 8.27. The maximum atomic E-state index is 13.1. The number of nitrogens with zero attached hydrogens (tertiary/aromatic N) is 6. The summed E-state index contributed by atoms with van der Waals surface area (Å²) >= 11 is 1.00. The van der Waals surface area contributed by atoms with Gasteiger partial charge in [0, 0.05) is 18.7 Å². The third kappa shape index (κ3) is 3.17. The Morgan fingerprint density at radius 1 is 1.25 bits per heavy atom. The molecule has 2 N–H and O–H groups in total. The van der Waals surface area contributed by atoms with Gasteiger partial charge in [0.1, 0.15) is 5.82 Å². The van der Waals surface area contributed by atoms with Gasteiger partial charge in [-0.3, -0.25) is 10.1 Å². The van der Waals surface area contributed by atoms with Gasteiger partial charge in [-0.2, -0.15) is 9.36 Å². The van der Waals surface area contributed by atoms with Crippen LogP contribution in [0.15, 0.2) is 24.3 Å². The average Bonchev–Trinajstić information content (AvgIpc) is 3.28. The molecule has 0 radical (unpaired) electrons. The highest BCUT2D eigenvalue weighted by atomic mass is 32.1. The second-order valence-corrected chi connectivity index (χ2v) is 6.82. The molecule has 0 aliphatic carbocycles. The van der Waals surface area contributed by atoms with E-state index in [-0.39, 0.29) is 17.9 Å². The molecule has 2 aromatic heterocycles. The van der Waals surface area contributed by atoms with E-state index in [0.29, 0.717) is 35.3 Å². The van der Waals surface area contributed by atoms with E-state index < -0.39 is 11.9 Å². The Bertz CT molecular complexity index is 1050. The number of rotatable bonds is 3. The highest BCUT2D eigenvalue weighted by Gasteiger charge is 2.32. The first-order chi connectivity index (χ1) is 13.4. The minimum absolute atomic E-state index is 0.0261. The molecule has 12 heteroatoms. The van der Waals surface area contributed by atoms with Crippen molar-refractivity contribution in [3.8, 4) is 10.8 Å². The largest absolute Gasteiger partial charge is 0.465 e. The Kier molecular flexibility index (Phi) is 4.47. The number of halogens is 1. The van der Waals surface area contributed by atoms with Gasteiger partial charge in [-0.15, -0.1) is 10.2 Å². The highest BCUT2D eigenvalue weighted by Crippen LogP contribution is 2.30. The van der Waals surface area contributed by atoms with Crippen LogP contribution < -0.4 is 5.32 Å². The lowest BCUT2D eigenvalue weighted by Gasteiger charge is -2.33.